The molecule has 1 aliphatic heterocycles. The number of hydrogen-bond donors (Lipinski definition) is 1. The molecule has 6 heteroatoms. The second kappa shape index (κ2) is 10.6. The highest BCUT2D eigenvalue weighted by Gasteiger charge is 2.25. The molecule has 26 heavy (non-hydrogen) atoms. The van der Waals surface area contributed by atoms with Crippen LogP contribution in [0.15, 0.2) is 18.3 Å². The van der Waals surface area contributed by atoms with Crippen LogP contribution >= 0.6 is 11.6 Å². The molecule has 1 saturated heterocycles. The summed E-state index contributed by atoms with van der Waals surface area (Å²) in [4.78, 5) is 20.7. The molecule has 2 amide bonds. The highest BCUT2D eigenvalue weighted by atomic mass is 35.5. The molecule has 0 atom stereocenters. The van der Waals surface area contributed by atoms with Gasteiger partial charge in [0.05, 0.1) is 5.02 Å². The van der Waals surface area contributed by atoms with Crippen LogP contribution in [0.2, 0.25) is 5.02 Å². The summed E-state index contributed by atoms with van der Waals surface area (Å²) in [6.45, 7) is 9.47. The van der Waals surface area contributed by atoms with Gasteiger partial charge in [-0.15, -0.1) is 0 Å². The number of nitrogens with one attached hydrogen (secondary N) is 1. The van der Waals surface area contributed by atoms with Gasteiger partial charge in [0.2, 0.25) is 0 Å². The predicted octanol–water partition coefficient (Wildman–Crippen LogP) is 4.56. The maximum absolute atomic E-state index is 12.3. The fourth-order valence-corrected chi connectivity index (χ4v) is 3.49. The van der Waals surface area contributed by atoms with Crippen LogP contribution in [-0.4, -0.2) is 48.1 Å². The quantitative estimate of drug-likeness (QED) is 0.817. The van der Waals surface area contributed by atoms with E-state index in [4.69, 9.17) is 11.6 Å². The highest BCUT2D eigenvalue weighted by molar-refractivity contribution is 6.32. The zero-order valence-electron chi connectivity index (χ0n) is 16.4. The monoisotopic (exact) mass is 380 g/mol. The van der Waals surface area contributed by atoms with Crippen LogP contribution < -0.4 is 10.2 Å². The van der Waals surface area contributed by atoms with Crippen LogP contribution in [-0.2, 0) is 0 Å². The maximum atomic E-state index is 12.3. The summed E-state index contributed by atoms with van der Waals surface area (Å²) in [7, 11) is 0. The zero-order chi connectivity index (χ0) is 18.9. The number of nitrogens with zero attached hydrogens (tertiary/aromatic N) is 3. The molecule has 0 aromatic carbocycles. The third-order valence-corrected chi connectivity index (χ3v) is 4.83. The Balaban J connectivity index is 0.000000552. The standard InChI is InChI=1S/C16H23ClN4O.C4H10/c17-14-7-4-8-18-15(14)20-9-11-21(12-10-20)16(22)19-13-5-2-1-3-6-13;1-4(2)3/h4,7-8,13H,1-3,5-6,9-12H2,(H,19,22);4H,1-3H3. The van der Waals surface area contributed by atoms with E-state index in [1.807, 2.05) is 17.0 Å². The molecule has 2 heterocycles. The fourth-order valence-electron chi connectivity index (χ4n) is 3.24. The molecular formula is C20H33ClN4O. The minimum atomic E-state index is 0.0821. The van der Waals surface area contributed by atoms with E-state index in [-0.39, 0.29) is 6.03 Å². The molecule has 0 unspecified atom stereocenters. The van der Waals surface area contributed by atoms with Crippen molar-refractivity contribution in [3.8, 4) is 0 Å². The third kappa shape index (κ3) is 6.67. The first kappa shape index (κ1) is 20.8. The molecule has 0 spiro atoms. The Morgan fingerprint density at radius 1 is 1.15 bits per heavy atom. The number of hydrogen-bond acceptors (Lipinski definition) is 3. The topological polar surface area (TPSA) is 48.5 Å². The molecule has 1 N–H and O–H groups in total. The van der Waals surface area contributed by atoms with Crippen molar-refractivity contribution < 1.29 is 4.79 Å². The van der Waals surface area contributed by atoms with Crippen LogP contribution in [0.5, 0.6) is 0 Å². The molecule has 0 bridgehead atoms. The van der Waals surface area contributed by atoms with Crippen LogP contribution in [0.3, 0.4) is 0 Å². The first-order valence-electron chi connectivity index (χ1n) is 9.88. The van der Waals surface area contributed by atoms with Crippen LogP contribution in [0.25, 0.3) is 0 Å². The molecule has 146 valence electrons. The SMILES string of the molecule is CC(C)C.O=C(NC1CCCCC1)N1CCN(c2ncccc2Cl)CC1. The summed E-state index contributed by atoms with van der Waals surface area (Å²) in [5.74, 6) is 1.65. The lowest BCUT2D eigenvalue weighted by Gasteiger charge is -2.36. The van der Waals surface area contributed by atoms with Gasteiger partial charge in [0.15, 0.2) is 0 Å². The van der Waals surface area contributed by atoms with Gasteiger partial charge in [-0.3, -0.25) is 0 Å². The number of aromatic nitrogens is 1. The third-order valence-electron chi connectivity index (χ3n) is 4.54. The number of halogens is 1. The molecule has 1 aromatic heterocycles. The fraction of sp³-hybridized carbons (Fsp3) is 0.700. The summed E-state index contributed by atoms with van der Waals surface area (Å²) in [5.41, 5.74) is 0. The Kier molecular flexibility index (Phi) is 8.49. The lowest BCUT2D eigenvalue weighted by Crippen LogP contribution is -2.53. The van der Waals surface area contributed by atoms with E-state index >= 15 is 0 Å². The normalized spacial score (nSPS) is 18.3. The maximum Gasteiger partial charge on any atom is 0.317 e. The number of urea groups is 1. The van der Waals surface area contributed by atoms with Crippen molar-refractivity contribution in [3.05, 3.63) is 23.4 Å². The van der Waals surface area contributed by atoms with Crippen molar-refractivity contribution in [1.82, 2.24) is 15.2 Å². The predicted molar refractivity (Wildman–Crippen MR) is 109 cm³/mol. The van der Waals surface area contributed by atoms with Gasteiger partial charge in [-0.1, -0.05) is 51.6 Å². The smallest absolute Gasteiger partial charge is 0.317 e. The average molecular weight is 381 g/mol. The summed E-state index contributed by atoms with van der Waals surface area (Å²) in [5, 5.41) is 3.85. The molecule has 1 aromatic rings. The number of carbonyl (C=O) groups is 1. The van der Waals surface area contributed by atoms with E-state index < -0.39 is 0 Å². The van der Waals surface area contributed by atoms with Crippen molar-refractivity contribution in [2.24, 2.45) is 5.92 Å². The summed E-state index contributed by atoms with van der Waals surface area (Å²) in [6, 6.07) is 4.13. The van der Waals surface area contributed by atoms with Gasteiger partial charge in [0.1, 0.15) is 5.82 Å². The Morgan fingerprint density at radius 2 is 1.77 bits per heavy atom. The Hall–Kier alpha value is -1.49. The second-order valence-electron chi connectivity index (χ2n) is 7.80. The largest absolute Gasteiger partial charge is 0.352 e. The van der Waals surface area contributed by atoms with E-state index in [9.17, 15) is 4.79 Å². The van der Waals surface area contributed by atoms with E-state index in [2.05, 4.69) is 36.0 Å². The number of pyridine rings is 1. The van der Waals surface area contributed by atoms with Crippen molar-refractivity contribution in [2.75, 3.05) is 31.1 Å². The van der Waals surface area contributed by atoms with Crippen molar-refractivity contribution in [2.45, 2.75) is 58.9 Å². The van der Waals surface area contributed by atoms with Crippen molar-refractivity contribution >= 4 is 23.4 Å². The summed E-state index contributed by atoms with van der Waals surface area (Å²) < 4.78 is 0. The average Bonchev–Trinajstić information content (AvgIpc) is 2.63. The first-order chi connectivity index (χ1) is 12.5. The van der Waals surface area contributed by atoms with Gasteiger partial charge in [0.25, 0.3) is 0 Å². The number of rotatable bonds is 2. The number of carbonyl (C=O) groups excluding carboxylic acids is 1. The first-order valence-corrected chi connectivity index (χ1v) is 10.3. The molecule has 3 rings (SSSR count). The van der Waals surface area contributed by atoms with Gasteiger partial charge in [-0.05, 0) is 30.9 Å². The minimum Gasteiger partial charge on any atom is -0.352 e. The van der Waals surface area contributed by atoms with Gasteiger partial charge < -0.3 is 15.1 Å². The number of anilines is 1. The number of amides is 2. The van der Waals surface area contributed by atoms with E-state index in [0.717, 1.165) is 37.7 Å². The summed E-state index contributed by atoms with van der Waals surface area (Å²) >= 11 is 6.19. The molecule has 0 radical (unpaired) electrons. The van der Waals surface area contributed by atoms with E-state index in [0.29, 0.717) is 24.2 Å². The van der Waals surface area contributed by atoms with Crippen LogP contribution in [0, 0.1) is 5.92 Å². The Morgan fingerprint density at radius 3 is 2.35 bits per heavy atom. The molecule has 2 aliphatic rings. The molecule has 5 nitrogen and oxygen atoms in total. The van der Waals surface area contributed by atoms with Gasteiger partial charge in [-0.2, -0.15) is 0 Å². The van der Waals surface area contributed by atoms with Crippen LogP contribution in [0.1, 0.15) is 52.9 Å². The van der Waals surface area contributed by atoms with Crippen LogP contribution in [0.4, 0.5) is 10.6 Å². The van der Waals surface area contributed by atoms with Crippen molar-refractivity contribution in [1.29, 1.82) is 0 Å². The molecule has 2 fully saturated rings. The lowest BCUT2D eigenvalue weighted by molar-refractivity contribution is 0.186. The Labute approximate surface area is 163 Å². The number of piperazine rings is 1. The molecule has 1 aliphatic carbocycles. The van der Waals surface area contributed by atoms with Gasteiger partial charge in [0, 0.05) is 38.4 Å². The Bertz CT molecular complexity index is 550. The molecular weight excluding hydrogens is 348 g/mol. The zero-order valence-corrected chi connectivity index (χ0v) is 17.1. The van der Waals surface area contributed by atoms with E-state index in [1.54, 1.807) is 6.20 Å². The van der Waals surface area contributed by atoms with Gasteiger partial charge in [-0.25, -0.2) is 9.78 Å². The van der Waals surface area contributed by atoms with Crippen molar-refractivity contribution in [3.63, 3.8) is 0 Å². The lowest BCUT2D eigenvalue weighted by atomic mass is 9.96. The van der Waals surface area contributed by atoms with Gasteiger partial charge >= 0.3 is 6.03 Å². The summed E-state index contributed by atoms with van der Waals surface area (Å²) in [6.07, 6.45) is 7.76. The highest BCUT2D eigenvalue weighted by Crippen LogP contribution is 2.23. The minimum absolute atomic E-state index is 0.0821. The second-order valence-corrected chi connectivity index (χ2v) is 8.21. The van der Waals surface area contributed by atoms with E-state index in [1.165, 1.54) is 19.3 Å². The molecule has 1 saturated carbocycles.